The average molecular weight is 527 g/mol. The number of likely N-dealkylation sites (tertiary alicyclic amines) is 1. The van der Waals surface area contributed by atoms with Crippen molar-refractivity contribution in [3.8, 4) is 0 Å². The van der Waals surface area contributed by atoms with E-state index in [2.05, 4.69) is 0 Å². The van der Waals surface area contributed by atoms with Gasteiger partial charge in [-0.1, -0.05) is 30.3 Å². The van der Waals surface area contributed by atoms with E-state index >= 15 is 0 Å². The van der Waals surface area contributed by atoms with Gasteiger partial charge < -0.3 is 14.4 Å². The fourth-order valence-electron chi connectivity index (χ4n) is 5.35. The molecule has 0 saturated carbocycles. The van der Waals surface area contributed by atoms with Crippen LogP contribution in [0.2, 0.25) is 0 Å². The number of benzene rings is 2. The van der Waals surface area contributed by atoms with Gasteiger partial charge in [-0.15, -0.1) is 0 Å². The van der Waals surface area contributed by atoms with Crippen molar-refractivity contribution >= 4 is 32.4 Å². The normalized spacial score (nSPS) is 19.4. The number of halogens is 1. The van der Waals surface area contributed by atoms with Crippen LogP contribution >= 0.6 is 0 Å². The van der Waals surface area contributed by atoms with E-state index < -0.39 is 15.6 Å². The smallest absolute Gasteiger partial charge is 0.258 e. The summed E-state index contributed by atoms with van der Waals surface area (Å²) in [6.45, 7) is 3.45. The molecular weight excluding hydrogens is 495 g/mol. The molecule has 0 radical (unpaired) electrons. The number of fused-ring (bicyclic) bond motifs is 1. The van der Waals surface area contributed by atoms with Crippen molar-refractivity contribution in [2.45, 2.75) is 43.7 Å². The van der Waals surface area contributed by atoms with Crippen LogP contribution in [0.1, 0.15) is 26.2 Å². The molecule has 8 nitrogen and oxygen atoms in total. The Kier molecular flexibility index (Phi) is 7.04. The standard InChI is InChI=1S/C27H31FN4O4S/c1-20-8-6-7-13-32(20)26(33)19-30-18-25(21-9-2-3-10-22(21)27(30)34)37(35,36)31-16-14-29(15-17-31)24-12-5-4-11-23(24)28/h2-5,9-12,18,20H,6-8,13-17,19H2,1H3. The van der Waals surface area contributed by atoms with E-state index in [0.717, 1.165) is 19.3 Å². The minimum Gasteiger partial charge on any atom is -0.367 e. The molecule has 2 aromatic carbocycles. The summed E-state index contributed by atoms with van der Waals surface area (Å²) in [5.74, 6) is -0.531. The lowest BCUT2D eigenvalue weighted by Crippen LogP contribution is -2.49. The lowest BCUT2D eigenvalue weighted by molar-refractivity contribution is -0.135. The highest BCUT2D eigenvalue weighted by molar-refractivity contribution is 7.89. The first-order chi connectivity index (χ1) is 17.8. The van der Waals surface area contributed by atoms with Crippen molar-refractivity contribution < 1.29 is 17.6 Å². The van der Waals surface area contributed by atoms with E-state index in [0.29, 0.717) is 30.7 Å². The van der Waals surface area contributed by atoms with Crippen LogP contribution in [0, 0.1) is 5.82 Å². The molecule has 0 aliphatic carbocycles. The highest BCUT2D eigenvalue weighted by Crippen LogP contribution is 2.27. The zero-order valence-corrected chi connectivity index (χ0v) is 21.7. The van der Waals surface area contributed by atoms with Gasteiger partial charge >= 0.3 is 0 Å². The van der Waals surface area contributed by atoms with Crippen LogP contribution in [0.4, 0.5) is 10.1 Å². The summed E-state index contributed by atoms with van der Waals surface area (Å²) in [7, 11) is -3.99. The maximum atomic E-state index is 14.3. The van der Waals surface area contributed by atoms with Crippen molar-refractivity contribution in [2.24, 2.45) is 0 Å². The van der Waals surface area contributed by atoms with Crippen LogP contribution in [0.25, 0.3) is 10.8 Å². The molecule has 1 aromatic heterocycles. The summed E-state index contributed by atoms with van der Waals surface area (Å²) in [5.41, 5.74) is 0.0564. The Bertz CT molecular complexity index is 1480. The highest BCUT2D eigenvalue weighted by atomic mass is 32.2. The number of piperidine rings is 1. The summed E-state index contributed by atoms with van der Waals surface area (Å²) in [6, 6.07) is 13.1. The summed E-state index contributed by atoms with van der Waals surface area (Å²) in [5, 5.41) is 0.590. The molecule has 10 heteroatoms. The van der Waals surface area contributed by atoms with E-state index in [4.69, 9.17) is 0 Å². The Morgan fingerprint density at radius 1 is 0.946 bits per heavy atom. The summed E-state index contributed by atoms with van der Waals surface area (Å²) in [4.78, 5) is 30.0. The summed E-state index contributed by atoms with van der Waals surface area (Å²) < 4.78 is 44.5. The van der Waals surface area contributed by atoms with Crippen molar-refractivity contribution in [1.82, 2.24) is 13.8 Å². The number of para-hydroxylation sites is 1. The van der Waals surface area contributed by atoms with Crippen LogP contribution in [0.15, 0.2) is 64.4 Å². The second kappa shape index (κ2) is 10.3. The van der Waals surface area contributed by atoms with Gasteiger partial charge in [0.1, 0.15) is 17.3 Å². The van der Waals surface area contributed by atoms with Gasteiger partial charge in [0.05, 0.1) is 5.69 Å². The molecule has 1 unspecified atom stereocenters. The van der Waals surface area contributed by atoms with Crippen LogP contribution in [-0.2, 0) is 21.4 Å². The molecule has 1 atom stereocenters. The number of aromatic nitrogens is 1. The van der Waals surface area contributed by atoms with Crippen LogP contribution in [-0.4, -0.2) is 66.9 Å². The van der Waals surface area contributed by atoms with E-state index in [1.165, 1.54) is 21.1 Å². The number of piperazine rings is 1. The number of sulfonamides is 1. The molecule has 3 heterocycles. The predicted molar refractivity (Wildman–Crippen MR) is 141 cm³/mol. The number of carbonyl (C=O) groups is 1. The van der Waals surface area contributed by atoms with Gasteiger partial charge in [-0.25, -0.2) is 12.8 Å². The Hall–Kier alpha value is -3.24. The van der Waals surface area contributed by atoms with Gasteiger partial charge in [-0.2, -0.15) is 4.31 Å². The Labute approximate surface area is 215 Å². The Morgan fingerprint density at radius 3 is 2.32 bits per heavy atom. The molecular formula is C27H31FN4O4S. The van der Waals surface area contributed by atoms with Crippen LogP contribution < -0.4 is 10.5 Å². The molecule has 3 aromatic rings. The fraction of sp³-hybridized carbons (Fsp3) is 0.407. The summed E-state index contributed by atoms with van der Waals surface area (Å²) in [6.07, 6.45) is 4.21. The SMILES string of the molecule is CC1CCCCN1C(=O)Cn1cc(S(=O)(=O)N2CCN(c3ccccc3F)CC2)c2ccccc2c1=O. The lowest BCUT2D eigenvalue weighted by atomic mass is 10.0. The maximum Gasteiger partial charge on any atom is 0.258 e. The van der Waals surface area contributed by atoms with E-state index in [1.54, 1.807) is 47.4 Å². The highest BCUT2D eigenvalue weighted by Gasteiger charge is 2.32. The third kappa shape index (κ3) is 4.87. The Balaban J connectivity index is 1.45. The monoisotopic (exact) mass is 526 g/mol. The van der Waals surface area contributed by atoms with Gasteiger partial charge in [0, 0.05) is 55.7 Å². The molecule has 2 fully saturated rings. The number of pyridine rings is 1. The first-order valence-electron chi connectivity index (χ1n) is 12.7. The molecule has 0 N–H and O–H groups in total. The van der Waals surface area contributed by atoms with Crippen molar-refractivity contribution in [3.05, 3.63) is 70.9 Å². The predicted octanol–water partition coefficient (Wildman–Crippen LogP) is 3.05. The van der Waals surface area contributed by atoms with Crippen LogP contribution in [0.3, 0.4) is 0 Å². The first kappa shape index (κ1) is 25.4. The molecule has 0 bridgehead atoms. The number of amides is 1. The van der Waals surface area contributed by atoms with E-state index in [9.17, 15) is 22.4 Å². The van der Waals surface area contributed by atoms with Crippen LogP contribution in [0.5, 0.6) is 0 Å². The van der Waals surface area contributed by atoms with Crippen molar-refractivity contribution in [3.63, 3.8) is 0 Å². The number of rotatable bonds is 5. The molecule has 196 valence electrons. The second-order valence-electron chi connectivity index (χ2n) is 9.75. The minimum atomic E-state index is -3.99. The Morgan fingerprint density at radius 2 is 1.62 bits per heavy atom. The third-order valence-corrected chi connectivity index (χ3v) is 9.36. The van der Waals surface area contributed by atoms with Gasteiger partial charge in [-0.3, -0.25) is 9.59 Å². The van der Waals surface area contributed by atoms with Crippen molar-refractivity contribution in [1.29, 1.82) is 0 Å². The second-order valence-corrected chi connectivity index (χ2v) is 11.7. The lowest BCUT2D eigenvalue weighted by Gasteiger charge is -2.35. The molecule has 2 aliphatic heterocycles. The number of nitrogens with zero attached hydrogens (tertiary/aromatic N) is 4. The van der Waals surface area contributed by atoms with Gasteiger partial charge in [0.15, 0.2) is 0 Å². The van der Waals surface area contributed by atoms with Gasteiger partial charge in [0.2, 0.25) is 15.9 Å². The minimum absolute atomic E-state index is 0.00142. The third-order valence-electron chi connectivity index (χ3n) is 7.44. The fourth-order valence-corrected chi connectivity index (χ4v) is 6.99. The molecule has 2 aliphatic rings. The molecule has 2 saturated heterocycles. The summed E-state index contributed by atoms with van der Waals surface area (Å²) >= 11 is 0. The maximum absolute atomic E-state index is 14.3. The number of hydrogen-bond acceptors (Lipinski definition) is 5. The topological polar surface area (TPSA) is 82.9 Å². The van der Waals surface area contributed by atoms with E-state index in [1.807, 2.05) is 11.8 Å². The zero-order valence-electron chi connectivity index (χ0n) is 20.8. The van der Waals surface area contributed by atoms with Gasteiger partial charge in [-0.05, 0) is 44.4 Å². The number of anilines is 1. The molecule has 1 amide bonds. The largest absolute Gasteiger partial charge is 0.367 e. The molecule has 5 rings (SSSR count). The zero-order chi connectivity index (χ0) is 26.2. The molecule has 0 spiro atoms. The number of hydrogen-bond donors (Lipinski definition) is 0. The first-order valence-corrected chi connectivity index (χ1v) is 14.1. The van der Waals surface area contributed by atoms with Crippen molar-refractivity contribution in [2.75, 3.05) is 37.6 Å². The van der Waals surface area contributed by atoms with E-state index in [-0.39, 0.29) is 47.7 Å². The quantitative estimate of drug-likeness (QED) is 0.511. The van der Waals surface area contributed by atoms with Gasteiger partial charge in [0.25, 0.3) is 5.56 Å². The number of carbonyl (C=O) groups excluding carboxylic acids is 1. The average Bonchev–Trinajstić information content (AvgIpc) is 2.91. The molecule has 37 heavy (non-hydrogen) atoms.